The summed E-state index contributed by atoms with van der Waals surface area (Å²) in [6, 6.07) is 0. The molecule has 0 saturated heterocycles. The molecule has 6 aromatic rings. The maximum Gasteiger partial charge on any atom is 0.280 e. The number of fused-ring (bicyclic) bond motifs is 3. The second kappa shape index (κ2) is 19.2. The van der Waals surface area contributed by atoms with Gasteiger partial charge < -0.3 is 57.7 Å². The third kappa shape index (κ3) is 10.1. The molecule has 0 fully saturated rings. The monoisotopic (exact) mass is 711 g/mol. The Morgan fingerprint density at radius 3 is 1.04 bits per heavy atom. The van der Waals surface area contributed by atoms with Crippen molar-refractivity contribution in [2.24, 2.45) is 0 Å². The van der Waals surface area contributed by atoms with Gasteiger partial charge in [-0.15, -0.1) is 0 Å². The summed E-state index contributed by atoms with van der Waals surface area (Å²) in [4.78, 5) is 64.8. The second-order valence-corrected chi connectivity index (χ2v) is 9.30. The van der Waals surface area contributed by atoms with Crippen LogP contribution in [0.5, 0.6) is 0 Å². The van der Waals surface area contributed by atoms with Gasteiger partial charge in [-0.05, 0) is 0 Å². The van der Waals surface area contributed by atoms with Gasteiger partial charge in [0, 0.05) is 0 Å². The van der Waals surface area contributed by atoms with Gasteiger partial charge in [-0.2, -0.15) is 15.0 Å². The molecule has 0 aliphatic heterocycles. The van der Waals surface area contributed by atoms with E-state index < -0.39 is 0 Å². The SMILES string of the molecule is Nc1nc2c(ncn2COCCO)c(=O)[nH]1.Nc1nc2c(ncn2COCCO)c(=O)[nH]1.Nc1nc2c(ncn2COCCO)c(=O)[nH]1.O.O. The molecule has 6 aromatic heterocycles. The van der Waals surface area contributed by atoms with Crippen LogP contribution in [-0.2, 0) is 34.4 Å². The van der Waals surface area contributed by atoms with E-state index in [2.05, 4.69) is 44.9 Å². The predicted molar refractivity (Wildman–Crippen MR) is 174 cm³/mol. The highest BCUT2D eigenvalue weighted by Gasteiger charge is 2.11. The van der Waals surface area contributed by atoms with E-state index in [1.807, 2.05) is 0 Å². The number of ether oxygens (including phenoxy) is 3. The van der Waals surface area contributed by atoms with E-state index >= 15 is 0 Å². The zero-order valence-electron chi connectivity index (χ0n) is 26.1. The number of hydrogen-bond donors (Lipinski definition) is 9. The molecule has 274 valence electrons. The fourth-order valence-electron chi connectivity index (χ4n) is 3.88. The second-order valence-electron chi connectivity index (χ2n) is 9.30. The Labute approximate surface area is 277 Å². The van der Waals surface area contributed by atoms with Crippen LogP contribution in [0.1, 0.15) is 0 Å². The van der Waals surface area contributed by atoms with Crippen molar-refractivity contribution >= 4 is 51.3 Å². The molecule has 6 heterocycles. The molecule has 26 nitrogen and oxygen atoms in total. The molecule has 0 unspecified atom stereocenters. The number of aromatic nitrogens is 12. The van der Waals surface area contributed by atoms with E-state index in [4.69, 9.17) is 46.7 Å². The highest BCUT2D eigenvalue weighted by atomic mass is 16.5. The first-order valence-electron chi connectivity index (χ1n) is 13.8. The van der Waals surface area contributed by atoms with Crippen LogP contribution in [0.4, 0.5) is 17.8 Å². The lowest BCUT2D eigenvalue weighted by atomic mass is 10.5. The Bertz CT molecular complexity index is 1880. The van der Waals surface area contributed by atoms with Crippen LogP contribution in [0.3, 0.4) is 0 Å². The Hall–Kier alpha value is -5.87. The Morgan fingerprint density at radius 1 is 0.540 bits per heavy atom. The molecule has 0 aliphatic rings. The predicted octanol–water partition coefficient (Wildman–Crippen LogP) is -5.64. The number of nitrogens with one attached hydrogen (secondary N) is 3. The normalized spacial score (nSPS) is 10.6. The minimum absolute atomic E-state index is 0. The lowest BCUT2D eigenvalue weighted by Gasteiger charge is -2.03. The molecule has 0 saturated carbocycles. The summed E-state index contributed by atoms with van der Waals surface area (Å²) in [6.07, 6.45) is 4.30. The lowest BCUT2D eigenvalue weighted by Crippen LogP contribution is -2.13. The van der Waals surface area contributed by atoms with Crippen molar-refractivity contribution in [1.29, 1.82) is 0 Å². The van der Waals surface area contributed by atoms with Crippen molar-refractivity contribution < 1.29 is 40.5 Å². The smallest absolute Gasteiger partial charge is 0.280 e. The maximum atomic E-state index is 11.4. The molecule has 0 spiro atoms. The van der Waals surface area contributed by atoms with E-state index in [9.17, 15) is 14.4 Å². The van der Waals surface area contributed by atoms with Crippen molar-refractivity contribution in [3.8, 4) is 0 Å². The highest BCUT2D eigenvalue weighted by Crippen LogP contribution is 2.08. The number of hydrogen-bond acceptors (Lipinski definition) is 18. The number of imidazole rings is 3. The third-order valence-corrected chi connectivity index (χ3v) is 5.88. The van der Waals surface area contributed by atoms with Gasteiger partial charge in [-0.1, -0.05) is 0 Å². The molecule has 0 aliphatic carbocycles. The van der Waals surface area contributed by atoms with Gasteiger partial charge in [0.05, 0.1) is 58.6 Å². The first-order valence-corrected chi connectivity index (χ1v) is 13.8. The summed E-state index contributed by atoms with van der Waals surface area (Å²) in [7, 11) is 0. The maximum absolute atomic E-state index is 11.4. The number of nitrogen functional groups attached to an aromatic ring is 3. The number of nitrogens with two attached hydrogens (primary N) is 3. The molecule has 0 amide bonds. The van der Waals surface area contributed by atoms with Crippen molar-refractivity contribution in [2.75, 3.05) is 56.8 Å². The largest absolute Gasteiger partial charge is 0.412 e. The number of anilines is 3. The van der Waals surface area contributed by atoms with Crippen molar-refractivity contribution in [3.63, 3.8) is 0 Å². The Morgan fingerprint density at radius 2 is 0.800 bits per heavy atom. The molecular weight excluding hydrogens is 674 g/mol. The van der Waals surface area contributed by atoms with Crippen molar-refractivity contribution in [3.05, 3.63) is 50.0 Å². The lowest BCUT2D eigenvalue weighted by molar-refractivity contribution is 0.0499. The highest BCUT2D eigenvalue weighted by molar-refractivity contribution is 5.71. The van der Waals surface area contributed by atoms with Gasteiger partial charge in [0.2, 0.25) is 17.8 Å². The number of aliphatic hydroxyl groups excluding tert-OH is 3. The van der Waals surface area contributed by atoms with E-state index in [1.54, 1.807) is 0 Å². The van der Waals surface area contributed by atoms with Crippen molar-refractivity contribution in [1.82, 2.24) is 58.6 Å². The number of aromatic amines is 3. The fourth-order valence-corrected chi connectivity index (χ4v) is 3.88. The van der Waals surface area contributed by atoms with Gasteiger partial charge in [-0.3, -0.25) is 43.0 Å². The van der Waals surface area contributed by atoms with Gasteiger partial charge in [0.15, 0.2) is 33.5 Å². The average molecular weight is 712 g/mol. The fraction of sp³-hybridized carbons (Fsp3) is 0.375. The standard InChI is InChI=1S/3C8H11N5O3.2H2O/c3*9-8-11-6-5(7(15)12-8)10-3-13(6)4-16-2-1-14;;/h3*3,14H,1-2,4H2,(H3,9,11,12,15);2*1H2. The molecule has 26 heteroatoms. The molecule has 0 bridgehead atoms. The summed E-state index contributed by atoms with van der Waals surface area (Å²) < 4.78 is 19.9. The molecular formula is C24H37N15O11. The van der Waals surface area contributed by atoms with Crippen LogP contribution < -0.4 is 33.9 Å². The van der Waals surface area contributed by atoms with Gasteiger partial charge in [0.25, 0.3) is 16.7 Å². The van der Waals surface area contributed by atoms with Gasteiger partial charge >= 0.3 is 0 Å². The molecule has 0 radical (unpaired) electrons. The minimum Gasteiger partial charge on any atom is -0.412 e. The summed E-state index contributed by atoms with van der Waals surface area (Å²) in [5, 5.41) is 25.7. The summed E-state index contributed by atoms with van der Waals surface area (Å²) >= 11 is 0. The number of rotatable bonds is 12. The minimum atomic E-state index is -0.386. The quantitative estimate of drug-likeness (QED) is 0.0534. The average Bonchev–Trinajstić information content (AvgIpc) is 3.76. The molecule has 0 aromatic carbocycles. The zero-order chi connectivity index (χ0) is 34.6. The summed E-state index contributed by atoms with van der Waals surface area (Å²) in [6.45, 7) is 0.899. The van der Waals surface area contributed by atoms with Crippen LogP contribution >= 0.6 is 0 Å². The first-order chi connectivity index (χ1) is 23.2. The molecule has 16 N–H and O–H groups in total. The van der Waals surface area contributed by atoms with E-state index in [0.717, 1.165) is 0 Å². The van der Waals surface area contributed by atoms with Crippen LogP contribution in [0.2, 0.25) is 0 Å². The first kappa shape index (κ1) is 40.3. The number of H-pyrrole nitrogens is 3. The van der Waals surface area contributed by atoms with Gasteiger partial charge in [0.1, 0.15) is 20.2 Å². The Kier molecular flexibility index (Phi) is 15.5. The van der Waals surface area contributed by atoms with Crippen LogP contribution in [-0.4, -0.2) is 124 Å². The van der Waals surface area contributed by atoms with Crippen LogP contribution in [0.15, 0.2) is 33.4 Å². The molecule has 6 rings (SSSR count). The van der Waals surface area contributed by atoms with Gasteiger partial charge in [-0.25, -0.2) is 15.0 Å². The van der Waals surface area contributed by atoms with Crippen LogP contribution in [0.25, 0.3) is 33.5 Å². The summed E-state index contributed by atoms with van der Waals surface area (Å²) in [5.74, 6) is 0.0872. The van der Waals surface area contributed by atoms with Crippen molar-refractivity contribution in [2.45, 2.75) is 20.2 Å². The van der Waals surface area contributed by atoms with Crippen LogP contribution in [0, 0.1) is 0 Å². The number of aliphatic hydroxyl groups is 3. The summed E-state index contributed by atoms with van der Waals surface area (Å²) in [5.41, 5.74) is 16.8. The van der Waals surface area contributed by atoms with E-state index in [1.165, 1.54) is 32.7 Å². The zero-order valence-corrected chi connectivity index (χ0v) is 26.1. The Balaban J connectivity index is 0.000000255. The topological polar surface area (TPSA) is 420 Å². The number of nitrogens with zero attached hydrogens (tertiary/aromatic N) is 9. The van der Waals surface area contributed by atoms with E-state index in [0.29, 0.717) is 16.9 Å². The third-order valence-electron chi connectivity index (χ3n) is 5.88. The van der Waals surface area contributed by atoms with E-state index in [-0.39, 0.29) is 122 Å². The molecule has 0 atom stereocenters. The molecule has 50 heavy (non-hydrogen) atoms.